The topological polar surface area (TPSA) is 94.0 Å². The van der Waals surface area contributed by atoms with Crippen LogP contribution < -0.4 is 5.56 Å². The SMILES string of the molecule is N#Cc1c(C(F)F)c[nH]c(=O)c1CC(=O)O. The molecule has 5 nitrogen and oxygen atoms in total. The van der Waals surface area contributed by atoms with Gasteiger partial charge in [-0.2, -0.15) is 5.26 Å². The molecule has 0 saturated carbocycles. The summed E-state index contributed by atoms with van der Waals surface area (Å²) in [6, 6.07) is 1.43. The molecule has 0 radical (unpaired) electrons. The summed E-state index contributed by atoms with van der Waals surface area (Å²) in [5, 5.41) is 17.1. The van der Waals surface area contributed by atoms with Crippen molar-refractivity contribution in [3.8, 4) is 6.07 Å². The summed E-state index contributed by atoms with van der Waals surface area (Å²) in [4.78, 5) is 23.6. The van der Waals surface area contributed by atoms with Crippen molar-refractivity contribution < 1.29 is 18.7 Å². The van der Waals surface area contributed by atoms with Crippen LogP contribution >= 0.6 is 0 Å². The van der Waals surface area contributed by atoms with E-state index in [4.69, 9.17) is 10.4 Å². The number of rotatable bonds is 3. The second-order valence-electron chi connectivity index (χ2n) is 2.91. The Morgan fingerprint density at radius 1 is 1.62 bits per heavy atom. The monoisotopic (exact) mass is 228 g/mol. The lowest BCUT2D eigenvalue weighted by atomic mass is 10.0. The maximum absolute atomic E-state index is 12.4. The van der Waals surface area contributed by atoms with Gasteiger partial charge in [0, 0.05) is 11.8 Å². The van der Waals surface area contributed by atoms with Gasteiger partial charge in [-0.25, -0.2) is 8.78 Å². The number of carboxylic acid groups (broad SMARTS) is 1. The molecule has 0 atom stereocenters. The van der Waals surface area contributed by atoms with Gasteiger partial charge in [-0.05, 0) is 0 Å². The zero-order valence-electron chi connectivity index (χ0n) is 7.83. The first kappa shape index (κ1) is 11.8. The predicted octanol–water partition coefficient (Wildman–Crippen LogP) is 0.811. The summed E-state index contributed by atoms with van der Waals surface area (Å²) in [7, 11) is 0. The standard InChI is InChI=1S/C9H6F2N2O3/c10-8(11)6-3-13-9(16)4(1-7(14)15)5(6)2-12/h3,8H,1H2,(H,13,16)(H,14,15). The summed E-state index contributed by atoms with van der Waals surface area (Å²) >= 11 is 0. The first-order valence-corrected chi connectivity index (χ1v) is 4.12. The van der Waals surface area contributed by atoms with E-state index < -0.39 is 41.1 Å². The molecule has 0 saturated heterocycles. The van der Waals surface area contributed by atoms with Crippen LogP contribution in [0.1, 0.15) is 23.1 Å². The lowest BCUT2D eigenvalue weighted by Gasteiger charge is -2.05. The van der Waals surface area contributed by atoms with Crippen LogP contribution in [-0.4, -0.2) is 16.1 Å². The maximum atomic E-state index is 12.4. The minimum atomic E-state index is -2.95. The van der Waals surface area contributed by atoms with Crippen LogP contribution in [0.15, 0.2) is 11.0 Å². The number of hydrogen-bond acceptors (Lipinski definition) is 3. The summed E-state index contributed by atoms with van der Waals surface area (Å²) in [6.45, 7) is 0. The number of aromatic amines is 1. The van der Waals surface area contributed by atoms with Gasteiger partial charge in [-0.1, -0.05) is 0 Å². The molecule has 0 unspecified atom stereocenters. The molecule has 1 aromatic heterocycles. The number of nitrogens with one attached hydrogen (secondary N) is 1. The van der Waals surface area contributed by atoms with E-state index >= 15 is 0 Å². The minimum Gasteiger partial charge on any atom is -0.481 e. The van der Waals surface area contributed by atoms with Gasteiger partial charge in [0.25, 0.3) is 12.0 Å². The second kappa shape index (κ2) is 4.53. The molecule has 0 aliphatic rings. The zero-order chi connectivity index (χ0) is 12.3. The van der Waals surface area contributed by atoms with Gasteiger partial charge in [0.05, 0.1) is 17.5 Å². The van der Waals surface area contributed by atoms with Crippen LogP contribution in [-0.2, 0) is 11.2 Å². The molecular formula is C9H6F2N2O3. The van der Waals surface area contributed by atoms with Crippen molar-refractivity contribution >= 4 is 5.97 Å². The Balaban J connectivity index is 3.46. The highest BCUT2D eigenvalue weighted by atomic mass is 19.3. The van der Waals surface area contributed by atoms with Crippen LogP contribution in [0, 0.1) is 11.3 Å². The minimum absolute atomic E-state index is 0.451. The largest absolute Gasteiger partial charge is 0.481 e. The van der Waals surface area contributed by atoms with Gasteiger partial charge in [-0.15, -0.1) is 0 Å². The third-order valence-corrected chi connectivity index (χ3v) is 1.90. The summed E-state index contributed by atoms with van der Waals surface area (Å²) in [5.41, 5.74) is -2.53. The number of carboxylic acids is 1. The van der Waals surface area contributed by atoms with Crippen molar-refractivity contribution in [3.05, 3.63) is 33.2 Å². The van der Waals surface area contributed by atoms with Gasteiger partial charge in [-0.3, -0.25) is 9.59 Å². The van der Waals surface area contributed by atoms with Gasteiger partial charge in [0.1, 0.15) is 6.07 Å². The number of nitrogens with zero attached hydrogens (tertiary/aromatic N) is 1. The number of nitriles is 1. The number of H-pyrrole nitrogens is 1. The van der Waals surface area contributed by atoms with Gasteiger partial charge < -0.3 is 10.1 Å². The molecule has 0 aliphatic heterocycles. The first-order valence-electron chi connectivity index (χ1n) is 4.12. The molecule has 1 rings (SSSR count). The van der Waals surface area contributed by atoms with Gasteiger partial charge >= 0.3 is 5.97 Å². The fourth-order valence-corrected chi connectivity index (χ4v) is 1.21. The molecular weight excluding hydrogens is 222 g/mol. The van der Waals surface area contributed by atoms with E-state index in [1.165, 1.54) is 6.07 Å². The molecule has 7 heteroatoms. The Hall–Kier alpha value is -2.23. The van der Waals surface area contributed by atoms with Crippen LogP contribution in [0.5, 0.6) is 0 Å². The fourth-order valence-electron chi connectivity index (χ4n) is 1.21. The van der Waals surface area contributed by atoms with Crippen LogP contribution in [0.2, 0.25) is 0 Å². The highest BCUT2D eigenvalue weighted by Gasteiger charge is 2.20. The average molecular weight is 228 g/mol. The number of aromatic nitrogens is 1. The average Bonchev–Trinajstić information content (AvgIpc) is 2.19. The highest BCUT2D eigenvalue weighted by molar-refractivity contribution is 5.71. The van der Waals surface area contributed by atoms with Crippen LogP contribution in [0.4, 0.5) is 8.78 Å². The smallest absolute Gasteiger partial charge is 0.308 e. The molecule has 0 aromatic carbocycles. The van der Waals surface area contributed by atoms with Crippen molar-refractivity contribution in [3.63, 3.8) is 0 Å². The van der Waals surface area contributed by atoms with E-state index in [1.807, 2.05) is 4.98 Å². The third kappa shape index (κ3) is 2.23. The van der Waals surface area contributed by atoms with E-state index in [-0.39, 0.29) is 0 Å². The Morgan fingerprint density at radius 2 is 2.25 bits per heavy atom. The number of aliphatic carboxylic acids is 1. The summed E-state index contributed by atoms with van der Waals surface area (Å²) in [6.07, 6.45) is -2.99. The maximum Gasteiger partial charge on any atom is 0.308 e. The van der Waals surface area contributed by atoms with Crippen LogP contribution in [0.25, 0.3) is 0 Å². The van der Waals surface area contributed by atoms with E-state index in [9.17, 15) is 18.4 Å². The van der Waals surface area contributed by atoms with E-state index in [0.29, 0.717) is 0 Å². The highest BCUT2D eigenvalue weighted by Crippen LogP contribution is 2.22. The Labute approximate surface area is 88.0 Å². The molecule has 16 heavy (non-hydrogen) atoms. The number of halogens is 2. The molecule has 0 aliphatic carbocycles. The summed E-state index contributed by atoms with van der Waals surface area (Å²) in [5.74, 6) is -1.37. The van der Waals surface area contributed by atoms with Crippen molar-refractivity contribution in [2.45, 2.75) is 12.8 Å². The van der Waals surface area contributed by atoms with E-state index in [0.717, 1.165) is 6.20 Å². The summed E-state index contributed by atoms with van der Waals surface area (Å²) < 4.78 is 24.9. The molecule has 0 amide bonds. The predicted molar refractivity (Wildman–Crippen MR) is 48.1 cm³/mol. The number of pyridine rings is 1. The van der Waals surface area contributed by atoms with Gasteiger partial charge in [0.2, 0.25) is 0 Å². The Kier molecular flexibility index (Phi) is 3.35. The Morgan fingerprint density at radius 3 is 2.69 bits per heavy atom. The van der Waals surface area contributed by atoms with Crippen molar-refractivity contribution in [2.75, 3.05) is 0 Å². The van der Waals surface area contributed by atoms with E-state index in [2.05, 4.69) is 0 Å². The molecule has 1 heterocycles. The fraction of sp³-hybridized carbons (Fsp3) is 0.222. The molecule has 0 bridgehead atoms. The van der Waals surface area contributed by atoms with Gasteiger partial charge in [0.15, 0.2) is 0 Å². The Bertz CT molecular complexity index is 516. The van der Waals surface area contributed by atoms with Crippen molar-refractivity contribution in [2.24, 2.45) is 0 Å². The molecule has 84 valence electrons. The normalized spacial score (nSPS) is 10.1. The lowest BCUT2D eigenvalue weighted by Crippen LogP contribution is -2.19. The first-order chi connectivity index (χ1) is 7.47. The zero-order valence-corrected chi connectivity index (χ0v) is 7.83. The molecule has 1 aromatic rings. The number of carbonyl (C=O) groups is 1. The van der Waals surface area contributed by atoms with Crippen molar-refractivity contribution in [1.82, 2.24) is 4.98 Å². The molecule has 0 spiro atoms. The number of hydrogen-bond donors (Lipinski definition) is 2. The number of alkyl halides is 2. The quantitative estimate of drug-likeness (QED) is 0.800. The third-order valence-electron chi connectivity index (χ3n) is 1.90. The van der Waals surface area contributed by atoms with Crippen molar-refractivity contribution in [1.29, 1.82) is 5.26 Å². The second-order valence-corrected chi connectivity index (χ2v) is 2.91. The molecule has 0 fully saturated rings. The lowest BCUT2D eigenvalue weighted by molar-refractivity contribution is -0.136. The van der Waals surface area contributed by atoms with E-state index in [1.54, 1.807) is 0 Å². The van der Waals surface area contributed by atoms with Crippen LogP contribution in [0.3, 0.4) is 0 Å². The molecule has 2 N–H and O–H groups in total.